The van der Waals surface area contributed by atoms with Crippen LogP contribution in [0, 0.1) is 17.1 Å². The molecule has 166 valence electrons. The highest BCUT2D eigenvalue weighted by molar-refractivity contribution is 5.95. The third kappa shape index (κ3) is 3.51. The Hall–Kier alpha value is -3.03. The monoisotopic (exact) mass is 436 g/mol. The third-order valence-corrected chi connectivity index (χ3v) is 6.53. The van der Waals surface area contributed by atoms with Gasteiger partial charge >= 0.3 is 0 Å². The SMILES string of the molecule is COc1cc(C#N)cc(F)c1N1NC2C(CC1=O)NNC2c1ccc2c(c1)CN(C)CC2. The number of nitriles is 1. The van der Waals surface area contributed by atoms with Gasteiger partial charge in [0.1, 0.15) is 11.4 Å². The average molecular weight is 436 g/mol. The molecule has 3 unspecified atom stereocenters. The van der Waals surface area contributed by atoms with Crippen LogP contribution in [0.15, 0.2) is 30.3 Å². The Bertz CT molecular complexity index is 1120. The molecule has 0 aliphatic carbocycles. The van der Waals surface area contributed by atoms with Crippen LogP contribution in [0.1, 0.15) is 34.7 Å². The molecule has 0 radical (unpaired) electrons. The summed E-state index contributed by atoms with van der Waals surface area (Å²) in [6, 6.07) is 10.5. The zero-order valence-corrected chi connectivity index (χ0v) is 18.0. The lowest BCUT2D eigenvalue weighted by Crippen LogP contribution is -2.60. The Morgan fingerprint density at radius 3 is 2.84 bits per heavy atom. The highest BCUT2D eigenvalue weighted by Gasteiger charge is 2.45. The number of amides is 1. The fourth-order valence-electron chi connectivity index (χ4n) is 4.85. The number of halogens is 1. The zero-order chi connectivity index (χ0) is 22.4. The summed E-state index contributed by atoms with van der Waals surface area (Å²) in [5.74, 6) is -0.837. The van der Waals surface area contributed by atoms with E-state index in [4.69, 9.17) is 10.00 Å². The van der Waals surface area contributed by atoms with Gasteiger partial charge in [0, 0.05) is 31.6 Å². The fourth-order valence-corrected chi connectivity index (χ4v) is 4.85. The number of nitrogens with one attached hydrogen (secondary N) is 3. The van der Waals surface area contributed by atoms with Crippen molar-refractivity contribution in [1.29, 1.82) is 5.26 Å². The van der Waals surface area contributed by atoms with Crippen LogP contribution < -0.4 is 26.0 Å². The lowest BCUT2D eigenvalue weighted by Gasteiger charge is -2.37. The van der Waals surface area contributed by atoms with Crippen LogP contribution >= 0.6 is 0 Å². The van der Waals surface area contributed by atoms with Crippen molar-refractivity contribution in [2.75, 3.05) is 25.7 Å². The number of anilines is 1. The topological polar surface area (TPSA) is 92.7 Å². The predicted octanol–water partition coefficient (Wildman–Crippen LogP) is 1.52. The number of carbonyl (C=O) groups is 1. The van der Waals surface area contributed by atoms with E-state index in [-0.39, 0.29) is 47.5 Å². The molecule has 3 aliphatic rings. The first-order chi connectivity index (χ1) is 15.5. The minimum absolute atomic E-state index is 0.00679. The van der Waals surface area contributed by atoms with E-state index in [9.17, 15) is 9.18 Å². The minimum Gasteiger partial charge on any atom is -0.494 e. The first kappa shape index (κ1) is 20.8. The summed E-state index contributed by atoms with van der Waals surface area (Å²) in [6.45, 7) is 1.96. The van der Waals surface area contributed by atoms with Gasteiger partial charge < -0.3 is 9.64 Å². The van der Waals surface area contributed by atoms with Crippen LogP contribution in [-0.4, -0.2) is 43.6 Å². The first-order valence-corrected chi connectivity index (χ1v) is 10.7. The van der Waals surface area contributed by atoms with Crippen molar-refractivity contribution in [1.82, 2.24) is 21.2 Å². The van der Waals surface area contributed by atoms with Gasteiger partial charge in [-0.3, -0.25) is 10.2 Å². The van der Waals surface area contributed by atoms with Gasteiger partial charge in [0.2, 0.25) is 5.91 Å². The lowest BCUT2D eigenvalue weighted by molar-refractivity contribution is -0.121. The highest BCUT2D eigenvalue weighted by Crippen LogP contribution is 2.36. The summed E-state index contributed by atoms with van der Waals surface area (Å²) >= 11 is 0. The van der Waals surface area contributed by atoms with Gasteiger partial charge in [-0.1, -0.05) is 18.2 Å². The highest BCUT2D eigenvalue weighted by atomic mass is 19.1. The van der Waals surface area contributed by atoms with E-state index in [1.165, 1.54) is 29.3 Å². The fraction of sp³-hybridized carbons (Fsp3) is 0.391. The number of methoxy groups -OCH3 is 1. The van der Waals surface area contributed by atoms with Crippen molar-refractivity contribution in [2.45, 2.75) is 37.5 Å². The Morgan fingerprint density at radius 1 is 1.22 bits per heavy atom. The molecule has 2 fully saturated rings. The van der Waals surface area contributed by atoms with Crippen LogP contribution in [0.4, 0.5) is 10.1 Å². The van der Waals surface area contributed by atoms with Crippen LogP contribution in [0.25, 0.3) is 0 Å². The number of hydrazine groups is 2. The van der Waals surface area contributed by atoms with Gasteiger partial charge in [-0.05, 0) is 36.2 Å². The maximum absolute atomic E-state index is 14.9. The van der Waals surface area contributed by atoms with Gasteiger partial charge in [0.25, 0.3) is 0 Å². The molecule has 3 aliphatic heterocycles. The lowest BCUT2D eigenvalue weighted by atomic mass is 9.90. The third-order valence-electron chi connectivity index (χ3n) is 6.53. The summed E-state index contributed by atoms with van der Waals surface area (Å²) in [4.78, 5) is 15.2. The molecule has 32 heavy (non-hydrogen) atoms. The number of ether oxygens (including phenoxy) is 1. The van der Waals surface area contributed by atoms with Crippen LogP contribution in [0.5, 0.6) is 5.75 Å². The summed E-state index contributed by atoms with van der Waals surface area (Å²) in [6.07, 6.45) is 1.23. The summed E-state index contributed by atoms with van der Waals surface area (Å²) in [7, 11) is 3.51. The molecule has 3 N–H and O–H groups in total. The summed E-state index contributed by atoms with van der Waals surface area (Å²) < 4.78 is 20.2. The van der Waals surface area contributed by atoms with Gasteiger partial charge in [0.15, 0.2) is 5.82 Å². The van der Waals surface area contributed by atoms with Crippen molar-refractivity contribution in [3.05, 3.63) is 58.4 Å². The van der Waals surface area contributed by atoms with E-state index < -0.39 is 5.82 Å². The molecule has 0 saturated carbocycles. The van der Waals surface area contributed by atoms with Gasteiger partial charge in [-0.2, -0.15) is 5.26 Å². The van der Waals surface area contributed by atoms with Crippen LogP contribution in [0.3, 0.4) is 0 Å². The number of hydrogen-bond acceptors (Lipinski definition) is 7. The van der Waals surface area contributed by atoms with Crippen LogP contribution in [0.2, 0.25) is 0 Å². The van der Waals surface area contributed by atoms with Crippen molar-refractivity contribution in [2.24, 2.45) is 0 Å². The number of rotatable bonds is 3. The van der Waals surface area contributed by atoms with Gasteiger partial charge in [-0.15, -0.1) is 0 Å². The Balaban J connectivity index is 1.46. The molecule has 3 heterocycles. The largest absolute Gasteiger partial charge is 0.494 e. The van der Waals surface area contributed by atoms with E-state index in [0.717, 1.165) is 31.1 Å². The van der Waals surface area contributed by atoms with Gasteiger partial charge in [-0.25, -0.2) is 20.3 Å². The van der Waals surface area contributed by atoms with E-state index in [1.807, 2.05) is 6.07 Å². The standard InChI is InChI=1S/C23H25FN6O2/c1-29-6-5-14-3-4-15(9-16(14)12-29)21-22-18(26-27-21)10-20(31)30(28-22)23-17(24)7-13(11-25)8-19(23)32-2/h3-4,7-9,18,21-22,26-28H,5-6,10,12H2,1-2H3. The van der Waals surface area contributed by atoms with Crippen molar-refractivity contribution in [3.63, 3.8) is 0 Å². The summed E-state index contributed by atoms with van der Waals surface area (Å²) in [5.41, 5.74) is 13.7. The minimum atomic E-state index is -0.688. The molecular formula is C23H25FN6O2. The molecule has 0 aromatic heterocycles. The zero-order valence-electron chi connectivity index (χ0n) is 18.0. The average Bonchev–Trinajstić information content (AvgIpc) is 3.20. The maximum atomic E-state index is 14.9. The predicted molar refractivity (Wildman–Crippen MR) is 116 cm³/mol. The van der Waals surface area contributed by atoms with Crippen LogP contribution in [-0.2, 0) is 17.8 Å². The smallest absolute Gasteiger partial charge is 0.243 e. The van der Waals surface area contributed by atoms with E-state index in [0.29, 0.717) is 0 Å². The summed E-state index contributed by atoms with van der Waals surface area (Å²) in [5, 5.41) is 10.4. The quantitative estimate of drug-likeness (QED) is 0.672. The number of fused-ring (bicyclic) bond motifs is 2. The molecule has 2 saturated heterocycles. The second-order valence-electron chi connectivity index (χ2n) is 8.60. The number of carbonyl (C=O) groups excluding carboxylic acids is 1. The van der Waals surface area contributed by atoms with E-state index >= 15 is 0 Å². The molecule has 1 amide bonds. The van der Waals surface area contributed by atoms with Crippen molar-refractivity contribution < 1.29 is 13.9 Å². The molecule has 9 heteroatoms. The Morgan fingerprint density at radius 2 is 2.06 bits per heavy atom. The molecule has 8 nitrogen and oxygen atoms in total. The molecular weight excluding hydrogens is 411 g/mol. The van der Waals surface area contributed by atoms with Gasteiger partial charge in [0.05, 0.1) is 30.8 Å². The molecule has 0 spiro atoms. The van der Waals surface area contributed by atoms with Crippen molar-refractivity contribution >= 4 is 11.6 Å². The Labute approximate surface area is 185 Å². The molecule has 2 aromatic carbocycles. The molecule has 3 atom stereocenters. The molecule has 2 aromatic rings. The number of hydrogen-bond donors (Lipinski definition) is 3. The Kier molecular flexibility index (Phi) is 5.31. The number of nitrogens with zero attached hydrogens (tertiary/aromatic N) is 3. The molecule has 5 rings (SSSR count). The first-order valence-electron chi connectivity index (χ1n) is 10.7. The maximum Gasteiger partial charge on any atom is 0.243 e. The second-order valence-corrected chi connectivity index (χ2v) is 8.60. The van der Waals surface area contributed by atoms with Crippen molar-refractivity contribution in [3.8, 4) is 11.8 Å². The normalized spacial score (nSPS) is 25.2. The molecule has 0 bridgehead atoms. The second kappa shape index (κ2) is 8.15. The van der Waals surface area contributed by atoms with E-state index in [2.05, 4.69) is 46.4 Å². The number of likely N-dealkylation sites (N-methyl/N-ethyl adjacent to an activating group) is 1. The van der Waals surface area contributed by atoms with E-state index in [1.54, 1.807) is 0 Å². The number of benzene rings is 2.